The van der Waals surface area contributed by atoms with Crippen LogP contribution in [-0.4, -0.2) is 42.7 Å². The van der Waals surface area contributed by atoms with Crippen molar-refractivity contribution < 1.29 is 14.3 Å². The van der Waals surface area contributed by atoms with E-state index in [1.54, 1.807) is 0 Å². The van der Waals surface area contributed by atoms with Crippen LogP contribution in [0.3, 0.4) is 0 Å². The van der Waals surface area contributed by atoms with Gasteiger partial charge < -0.3 is 15.2 Å². The molecule has 1 saturated carbocycles. The summed E-state index contributed by atoms with van der Waals surface area (Å²) in [6.07, 6.45) is 6.95. The van der Waals surface area contributed by atoms with E-state index in [0.29, 0.717) is 18.6 Å². The van der Waals surface area contributed by atoms with Gasteiger partial charge in [-0.2, -0.15) is 0 Å². The Balaban J connectivity index is 1.27. The number of carbonyl (C=O) groups is 1. The highest BCUT2D eigenvalue weighted by atomic mass is 16.5. The van der Waals surface area contributed by atoms with Crippen LogP contribution in [0.4, 0.5) is 0 Å². The molecule has 142 valence electrons. The molecule has 26 heavy (non-hydrogen) atoms. The number of benzene rings is 1. The summed E-state index contributed by atoms with van der Waals surface area (Å²) in [7, 11) is 0. The third-order valence-corrected chi connectivity index (χ3v) is 6.03. The number of ether oxygens (including phenoxy) is 2. The largest absolute Gasteiger partial charge is 0.490 e. The van der Waals surface area contributed by atoms with E-state index in [2.05, 4.69) is 29.2 Å². The molecule has 1 aromatic carbocycles. The zero-order valence-electron chi connectivity index (χ0n) is 15.4. The first-order valence-corrected chi connectivity index (χ1v) is 10.1. The molecule has 0 bridgehead atoms. The van der Waals surface area contributed by atoms with E-state index in [9.17, 15) is 4.79 Å². The van der Waals surface area contributed by atoms with E-state index in [4.69, 9.17) is 15.2 Å². The van der Waals surface area contributed by atoms with Gasteiger partial charge in [0, 0.05) is 18.7 Å². The molecule has 1 aliphatic carbocycles. The van der Waals surface area contributed by atoms with Crippen LogP contribution in [0, 0.1) is 11.8 Å². The second-order valence-corrected chi connectivity index (χ2v) is 8.09. The van der Waals surface area contributed by atoms with Crippen molar-refractivity contribution >= 4 is 5.91 Å². The Labute approximate surface area is 155 Å². The van der Waals surface area contributed by atoms with E-state index < -0.39 is 0 Å². The van der Waals surface area contributed by atoms with E-state index in [-0.39, 0.29) is 17.9 Å². The Morgan fingerprint density at radius 3 is 2.65 bits per heavy atom. The summed E-state index contributed by atoms with van der Waals surface area (Å²) in [4.78, 5) is 14.1. The Kier molecular flexibility index (Phi) is 5.46. The highest BCUT2D eigenvalue weighted by Gasteiger charge is 2.35. The molecule has 5 nitrogen and oxygen atoms in total. The van der Waals surface area contributed by atoms with Gasteiger partial charge in [0.1, 0.15) is 5.75 Å². The molecule has 0 unspecified atom stereocenters. The van der Waals surface area contributed by atoms with Gasteiger partial charge in [0.15, 0.2) is 0 Å². The lowest BCUT2D eigenvalue weighted by atomic mass is 9.86. The van der Waals surface area contributed by atoms with Gasteiger partial charge in [-0.25, -0.2) is 0 Å². The molecule has 2 atom stereocenters. The maximum atomic E-state index is 11.5. The first-order chi connectivity index (χ1) is 12.7. The molecule has 0 radical (unpaired) electrons. The number of nitrogens with two attached hydrogens (primary N) is 1. The van der Waals surface area contributed by atoms with Crippen LogP contribution in [0.25, 0.3) is 0 Å². The Morgan fingerprint density at radius 1 is 1.15 bits per heavy atom. The lowest BCUT2D eigenvalue weighted by Gasteiger charge is -2.33. The van der Waals surface area contributed by atoms with Crippen molar-refractivity contribution in [2.45, 2.75) is 57.3 Å². The molecule has 3 fully saturated rings. The van der Waals surface area contributed by atoms with Crippen LogP contribution in [0.5, 0.6) is 5.75 Å². The normalized spacial score (nSPS) is 27.5. The molecule has 2 saturated heterocycles. The van der Waals surface area contributed by atoms with Gasteiger partial charge in [0.2, 0.25) is 5.91 Å². The number of piperidine rings is 1. The quantitative estimate of drug-likeness (QED) is 0.814. The van der Waals surface area contributed by atoms with Crippen molar-refractivity contribution in [3.63, 3.8) is 0 Å². The lowest BCUT2D eigenvalue weighted by molar-refractivity contribution is -0.123. The molecular weight excluding hydrogens is 328 g/mol. The van der Waals surface area contributed by atoms with Crippen molar-refractivity contribution in [2.75, 3.05) is 19.7 Å². The number of hydrogen-bond donors (Lipinski definition) is 1. The number of nitrogens with zero attached hydrogens (tertiary/aromatic N) is 1. The summed E-state index contributed by atoms with van der Waals surface area (Å²) in [5.74, 6) is 1.41. The molecule has 3 aliphatic rings. The van der Waals surface area contributed by atoms with Gasteiger partial charge in [0.25, 0.3) is 0 Å². The topological polar surface area (TPSA) is 64.8 Å². The van der Waals surface area contributed by atoms with Crippen molar-refractivity contribution in [3.8, 4) is 5.75 Å². The number of carbonyl (C=O) groups excluding carboxylic acids is 1. The number of para-hydroxylation sites is 1. The maximum Gasteiger partial charge on any atom is 0.223 e. The minimum absolute atomic E-state index is 0.0386. The molecule has 0 spiro atoms. The summed E-state index contributed by atoms with van der Waals surface area (Å²) >= 11 is 0. The summed E-state index contributed by atoms with van der Waals surface area (Å²) < 4.78 is 11.8. The zero-order valence-corrected chi connectivity index (χ0v) is 15.4. The lowest BCUT2D eigenvalue weighted by Crippen LogP contribution is -2.36. The summed E-state index contributed by atoms with van der Waals surface area (Å²) in [5, 5.41) is 0. The number of rotatable bonds is 7. The zero-order chi connectivity index (χ0) is 17.9. The summed E-state index contributed by atoms with van der Waals surface area (Å²) in [6, 6.07) is 8.45. The van der Waals surface area contributed by atoms with Crippen LogP contribution >= 0.6 is 0 Å². The van der Waals surface area contributed by atoms with E-state index >= 15 is 0 Å². The fourth-order valence-corrected chi connectivity index (χ4v) is 4.27. The third kappa shape index (κ3) is 4.38. The molecular formula is C21H30N2O3. The number of hydrogen-bond acceptors (Lipinski definition) is 4. The van der Waals surface area contributed by atoms with Crippen LogP contribution in [0.2, 0.25) is 0 Å². The molecule has 2 N–H and O–H groups in total. The monoisotopic (exact) mass is 358 g/mol. The van der Waals surface area contributed by atoms with Gasteiger partial charge in [0.05, 0.1) is 18.1 Å². The maximum absolute atomic E-state index is 11.5. The molecule has 1 amide bonds. The fourth-order valence-electron chi connectivity index (χ4n) is 4.27. The van der Waals surface area contributed by atoms with Gasteiger partial charge in [-0.1, -0.05) is 18.2 Å². The number of primary amides is 1. The SMILES string of the molecule is NC(=O)[C@@H]1CCO[C@@H]1CC1CCN(Cc2ccccc2OC2CC2)CC1. The van der Waals surface area contributed by atoms with Gasteiger partial charge >= 0.3 is 0 Å². The first kappa shape index (κ1) is 17.8. The van der Waals surface area contributed by atoms with Crippen molar-refractivity contribution in [2.24, 2.45) is 17.6 Å². The molecule has 2 aliphatic heterocycles. The Bertz CT molecular complexity index is 623. The van der Waals surface area contributed by atoms with Crippen LogP contribution < -0.4 is 10.5 Å². The average molecular weight is 358 g/mol. The highest BCUT2D eigenvalue weighted by molar-refractivity contribution is 5.77. The molecule has 0 aromatic heterocycles. The summed E-state index contributed by atoms with van der Waals surface area (Å²) in [6.45, 7) is 3.82. The smallest absolute Gasteiger partial charge is 0.223 e. The fraction of sp³-hybridized carbons (Fsp3) is 0.667. The van der Waals surface area contributed by atoms with Gasteiger partial charge in [-0.15, -0.1) is 0 Å². The minimum Gasteiger partial charge on any atom is -0.490 e. The summed E-state index contributed by atoms with van der Waals surface area (Å²) in [5.41, 5.74) is 6.81. The van der Waals surface area contributed by atoms with E-state index in [1.165, 1.54) is 18.4 Å². The van der Waals surface area contributed by atoms with Gasteiger partial charge in [-0.05, 0) is 63.6 Å². The average Bonchev–Trinajstić information content (AvgIpc) is 3.33. The molecule has 2 heterocycles. The predicted molar refractivity (Wildman–Crippen MR) is 99.8 cm³/mol. The van der Waals surface area contributed by atoms with Crippen LogP contribution in [0.15, 0.2) is 24.3 Å². The van der Waals surface area contributed by atoms with Gasteiger partial charge in [-0.3, -0.25) is 9.69 Å². The number of amides is 1. The molecule has 5 heteroatoms. The van der Waals surface area contributed by atoms with Crippen molar-refractivity contribution in [1.82, 2.24) is 4.90 Å². The second kappa shape index (κ2) is 7.97. The van der Waals surface area contributed by atoms with Crippen molar-refractivity contribution in [3.05, 3.63) is 29.8 Å². The van der Waals surface area contributed by atoms with Crippen molar-refractivity contribution in [1.29, 1.82) is 0 Å². The Morgan fingerprint density at radius 2 is 1.92 bits per heavy atom. The van der Waals surface area contributed by atoms with E-state index in [1.807, 2.05) is 0 Å². The third-order valence-electron chi connectivity index (χ3n) is 6.03. The standard InChI is InChI=1S/C21H30N2O3/c22-21(24)18-9-12-25-20(18)13-15-7-10-23(11-8-15)14-16-3-1-2-4-19(16)26-17-5-6-17/h1-4,15,17-18,20H,5-14H2,(H2,22,24)/t18-,20-/m1/s1. The van der Waals surface area contributed by atoms with E-state index in [0.717, 1.165) is 51.1 Å². The minimum atomic E-state index is -0.197. The highest BCUT2D eigenvalue weighted by Crippen LogP contribution is 2.33. The molecule has 1 aromatic rings. The first-order valence-electron chi connectivity index (χ1n) is 10.1. The van der Waals surface area contributed by atoms with Crippen LogP contribution in [0.1, 0.15) is 44.1 Å². The number of likely N-dealkylation sites (tertiary alicyclic amines) is 1. The van der Waals surface area contributed by atoms with Crippen LogP contribution in [-0.2, 0) is 16.1 Å². The predicted octanol–water partition coefficient (Wildman–Crippen LogP) is 2.72. The Hall–Kier alpha value is -1.59. The second-order valence-electron chi connectivity index (χ2n) is 8.09. The molecule has 4 rings (SSSR count).